The van der Waals surface area contributed by atoms with Gasteiger partial charge in [-0.25, -0.2) is 0 Å². The Hall–Kier alpha value is -3.00. The highest BCUT2D eigenvalue weighted by molar-refractivity contribution is 14.1. The summed E-state index contributed by atoms with van der Waals surface area (Å²) in [5.41, 5.74) is -0.473. The Kier molecular flexibility index (Phi) is 8.48. The number of carbonyl (C=O) groups is 3. The number of anilines is 1. The average Bonchev–Trinajstić information content (AvgIpc) is 3.04. The van der Waals surface area contributed by atoms with Crippen LogP contribution in [0.15, 0.2) is 54.0 Å². The monoisotopic (exact) mass is 618 g/mol. The summed E-state index contributed by atoms with van der Waals surface area (Å²) in [6.45, 7) is 3.22. The molecule has 184 valence electrons. The number of rotatable bonds is 8. The number of thioether (sulfide) groups is 1. The van der Waals surface area contributed by atoms with Gasteiger partial charge in [-0.3, -0.25) is 19.3 Å². The van der Waals surface area contributed by atoms with Gasteiger partial charge < -0.3 is 14.8 Å². The molecule has 2 aromatic carbocycles. The van der Waals surface area contributed by atoms with Gasteiger partial charge in [0.1, 0.15) is 13.2 Å². The zero-order chi connectivity index (χ0) is 25.8. The van der Waals surface area contributed by atoms with E-state index in [2.05, 4.69) is 11.9 Å². The zero-order valence-corrected chi connectivity index (χ0v) is 21.1. The Morgan fingerprint density at radius 2 is 2.00 bits per heavy atom. The van der Waals surface area contributed by atoms with Crippen molar-refractivity contribution in [1.82, 2.24) is 4.90 Å². The van der Waals surface area contributed by atoms with E-state index in [0.29, 0.717) is 32.4 Å². The number of hydrogen-bond acceptors (Lipinski definition) is 6. The van der Waals surface area contributed by atoms with Gasteiger partial charge in [0.25, 0.3) is 11.1 Å². The Balaban J connectivity index is 1.74. The van der Waals surface area contributed by atoms with Gasteiger partial charge in [-0.2, -0.15) is 13.2 Å². The second kappa shape index (κ2) is 11.2. The van der Waals surface area contributed by atoms with Crippen LogP contribution in [0.25, 0.3) is 6.08 Å². The number of benzene rings is 2. The van der Waals surface area contributed by atoms with E-state index in [1.54, 1.807) is 18.2 Å². The molecule has 12 heteroatoms. The fourth-order valence-electron chi connectivity index (χ4n) is 3.01. The van der Waals surface area contributed by atoms with E-state index in [1.165, 1.54) is 19.3 Å². The van der Waals surface area contributed by atoms with Crippen LogP contribution >= 0.6 is 34.4 Å². The van der Waals surface area contributed by atoms with E-state index in [1.807, 2.05) is 22.6 Å². The van der Waals surface area contributed by atoms with Crippen LogP contribution in [0, 0.1) is 3.57 Å². The number of nitrogens with zero attached hydrogens (tertiary/aromatic N) is 1. The summed E-state index contributed by atoms with van der Waals surface area (Å²) in [5.74, 6) is -0.581. The number of hydrogen-bond donors (Lipinski definition) is 1. The van der Waals surface area contributed by atoms with E-state index in [4.69, 9.17) is 9.47 Å². The highest BCUT2D eigenvalue weighted by atomic mass is 127. The van der Waals surface area contributed by atoms with Gasteiger partial charge in [-0.05, 0) is 76.3 Å². The maximum atomic E-state index is 12.9. The maximum Gasteiger partial charge on any atom is 0.416 e. The summed E-state index contributed by atoms with van der Waals surface area (Å²) in [4.78, 5) is 38.3. The molecule has 2 aromatic rings. The first kappa shape index (κ1) is 26.6. The van der Waals surface area contributed by atoms with E-state index >= 15 is 0 Å². The molecule has 1 N–H and O–H groups in total. The number of ether oxygens (including phenoxy) is 2. The van der Waals surface area contributed by atoms with Gasteiger partial charge in [-0.1, -0.05) is 18.7 Å². The van der Waals surface area contributed by atoms with Crippen molar-refractivity contribution in [2.45, 2.75) is 6.18 Å². The second-order valence-electron chi connectivity index (χ2n) is 7.03. The van der Waals surface area contributed by atoms with Crippen LogP contribution in [0.3, 0.4) is 0 Å². The number of halogens is 4. The first-order chi connectivity index (χ1) is 16.5. The number of imide groups is 1. The highest BCUT2D eigenvalue weighted by Gasteiger charge is 2.36. The van der Waals surface area contributed by atoms with Crippen molar-refractivity contribution in [3.63, 3.8) is 0 Å². The predicted molar refractivity (Wildman–Crippen MR) is 134 cm³/mol. The number of methoxy groups -OCH3 is 1. The fraction of sp³-hybridized carbons (Fsp3) is 0.174. The van der Waals surface area contributed by atoms with Crippen LogP contribution in [0.5, 0.6) is 11.5 Å². The first-order valence-corrected chi connectivity index (χ1v) is 11.8. The highest BCUT2D eigenvalue weighted by Crippen LogP contribution is 2.37. The molecule has 35 heavy (non-hydrogen) atoms. The van der Waals surface area contributed by atoms with Gasteiger partial charge in [0.15, 0.2) is 11.5 Å². The molecular formula is C23H18F3IN2O5S. The van der Waals surface area contributed by atoms with Crippen molar-refractivity contribution in [2.24, 2.45) is 0 Å². The van der Waals surface area contributed by atoms with Crippen molar-refractivity contribution in [1.29, 1.82) is 0 Å². The Bertz CT molecular complexity index is 1220. The van der Waals surface area contributed by atoms with E-state index < -0.39 is 35.3 Å². The molecule has 3 amide bonds. The van der Waals surface area contributed by atoms with Crippen molar-refractivity contribution >= 4 is 63.2 Å². The van der Waals surface area contributed by atoms with Gasteiger partial charge in [0.05, 0.1) is 21.1 Å². The molecule has 1 aliphatic heterocycles. The minimum atomic E-state index is -4.57. The molecule has 1 aliphatic rings. The smallest absolute Gasteiger partial charge is 0.416 e. The first-order valence-electron chi connectivity index (χ1n) is 9.87. The van der Waals surface area contributed by atoms with Crippen molar-refractivity contribution in [3.05, 3.63) is 68.7 Å². The summed E-state index contributed by atoms with van der Waals surface area (Å²) in [6.07, 6.45) is -1.51. The lowest BCUT2D eigenvalue weighted by molar-refractivity contribution is -0.137. The third-order valence-corrected chi connectivity index (χ3v) is 6.25. The lowest BCUT2D eigenvalue weighted by atomic mass is 10.2. The van der Waals surface area contributed by atoms with Crippen LogP contribution in [0.2, 0.25) is 0 Å². The topological polar surface area (TPSA) is 84.9 Å². The molecule has 0 aliphatic carbocycles. The Morgan fingerprint density at radius 1 is 1.26 bits per heavy atom. The van der Waals surface area contributed by atoms with Crippen LogP contribution in [-0.4, -0.2) is 42.2 Å². The van der Waals surface area contributed by atoms with Gasteiger partial charge in [-0.15, -0.1) is 0 Å². The van der Waals surface area contributed by atoms with Crippen LogP contribution in [-0.2, 0) is 15.8 Å². The lowest BCUT2D eigenvalue weighted by Crippen LogP contribution is -2.36. The van der Waals surface area contributed by atoms with Crippen molar-refractivity contribution in [3.8, 4) is 11.5 Å². The molecule has 7 nitrogen and oxygen atoms in total. The third-order valence-electron chi connectivity index (χ3n) is 4.54. The van der Waals surface area contributed by atoms with Gasteiger partial charge in [0.2, 0.25) is 5.91 Å². The molecule has 3 rings (SSSR count). The standard InChI is InChI=1S/C23H18F3IN2O5S/c1-3-7-34-20-16(27)8-13(9-17(20)33-2)10-18-21(31)29(22(32)35-18)12-19(30)28-15-6-4-5-14(11-15)23(24,25)26/h3-6,8-11H,1,7,12H2,2H3,(H,28,30)/b18-10-. The number of alkyl halides is 3. The van der Waals surface area contributed by atoms with E-state index in [-0.39, 0.29) is 17.2 Å². The molecule has 0 radical (unpaired) electrons. The summed E-state index contributed by atoms with van der Waals surface area (Å²) in [5, 5.41) is 1.61. The van der Waals surface area contributed by atoms with Crippen LogP contribution in [0.4, 0.5) is 23.7 Å². The van der Waals surface area contributed by atoms with E-state index in [0.717, 1.165) is 23.1 Å². The average molecular weight is 618 g/mol. The summed E-state index contributed by atoms with van der Waals surface area (Å²) >= 11 is 2.70. The van der Waals surface area contributed by atoms with Gasteiger partial charge >= 0.3 is 6.18 Å². The molecular weight excluding hydrogens is 600 g/mol. The largest absolute Gasteiger partial charge is 0.493 e. The van der Waals surface area contributed by atoms with Crippen molar-refractivity contribution < 1.29 is 37.0 Å². The minimum absolute atomic E-state index is 0.0829. The van der Waals surface area contributed by atoms with Crippen LogP contribution in [0.1, 0.15) is 11.1 Å². The number of nitrogens with one attached hydrogen (secondary N) is 1. The summed E-state index contributed by atoms with van der Waals surface area (Å²) in [6, 6.07) is 7.42. The molecule has 0 saturated carbocycles. The zero-order valence-electron chi connectivity index (χ0n) is 18.1. The molecule has 0 unspecified atom stereocenters. The lowest BCUT2D eigenvalue weighted by Gasteiger charge is -2.14. The molecule has 0 spiro atoms. The second-order valence-corrected chi connectivity index (χ2v) is 9.18. The molecule has 1 saturated heterocycles. The van der Waals surface area contributed by atoms with E-state index in [9.17, 15) is 27.6 Å². The molecule has 0 atom stereocenters. The Morgan fingerprint density at radius 3 is 2.66 bits per heavy atom. The summed E-state index contributed by atoms with van der Waals surface area (Å²) < 4.78 is 50.3. The fourth-order valence-corrected chi connectivity index (χ4v) is 4.63. The summed E-state index contributed by atoms with van der Waals surface area (Å²) in [7, 11) is 1.47. The maximum absolute atomic E-state index is 12.9. The third kappa shape index (κ3) is 6.57. The SMILES string of the molecule is C=CCOc1c(I)cc(/C=C2\SC(=O)N(CC(=O)Nc3cccc(C(F)(F)F)c3)C2=O)cc1OC. The molecule has 0 aromatic heterocycles. The normalized spacial score (nSPS) is 14.9. The number of amides is 3. The minimum Gasteiger partial charge on any atom is -0.493 e. The number of carbonyl (C=O) groups excluding carboxylic acids is 3. The van der Waals surface area contributed by atoms with Crippen LogP contribution < -0.4 is 14.8 Å². The Labute approximate surface area is 216 Å². The predicted octanol–water partition coefficient (Wildman–Crippen LogP) is 5.56. The molecule has 1 fully saturated rings. The molecule has 0 bridgehead atoms. The van der Waals surface area contributed by atoms with Gasteiger partial charge in [0, 0.05) is 5.69 Å². The quantitative estimate of drug-likeness (QED) is 0.237. The van der Waals surface area contributed by atoms with Crippen molar-refractivity contribution in [2.75, 3.05) is 25.6 Å². The molecule has 1 heterocycles.